The minimum Gasteiger partial charge on any atom is -0.497 e. The maximum atomic E-state index is 13.4. The molecule has 0 aliphatic carbocycles. The topological polar surface area (TPSA) is 108 Å². The van der Waals surface area contributed by atoms with Crippen molar-refractivity contribution in [3.63, 3.8) is 0 Å². The highest BCUT2D eigenvalue weighted by Gasteiger charge is 2.24. The number of carbonyl (C=O) groups excluding carboxylic acids is 1. The zero-order valence-corrected chi connectivity index (χ0v) is 23.5. The molecule has 5 rings (SSSR count). The van der Waals surface area contributed by atoms with Crippen LogP contribution in [0.1, 0.15) is 30.6 Å². The zero-order valence-electron chi connectivity index (χ0n) is 22.6. The van der Waals surface area contributed by atoms with E-state index in [1.165, 1.54) is 11.8 Å². The Hall–Kier alpha value is -4.12. The fourth-order valence-corrected chi connectivity index (χ4v) is 5.40. The van der Waals surface area contributed by atoms with Crippen LogP contribution in [0.4, 0.5) is 5.69 Å². The third-order valence-electron chi connectivity index (χ3n) is 6.42. The number of fused-ring (bicyclic) bond motifs is 3. The number of para-hydroxylation sites is 1. The number of rotatable bonds is 10. The molecule has 39 heavy (non-hydrogen) atoms. The number of benzene rings is 2. The molecule has 10 nitrogen and oxygen atoms in total. The summed E-state index contributed by atoms with van der Waals surface area (Å²) in [5.74, 6) is 1.71. The lowest BCUT2D eigenvalue weighted by molar-refractivity contribution is -0.115. The molecule has 11 heteroatoms. The molecule has 5 aromatic rings. The third kappa shape index (κ3) is 5.53. The van der Waals surface area contributed by atoms with E-state index in [0.29, 0.717) is 47.6 Å². The first kappa shape index (κ1) is 26.5. The normalized spacial score (nSPS) is 12.1. The quantitative estimate of drug-likeness (QED) is 0.196. The van der Waals surface area contributed by atoms with E-state index in [4.69, 9.17) is 24.5 Å². The highest BCUT2D eigenvalue weighted by atomic mass is 32.2. The molecule has 3 heterocycles. The zero-order chi connectivity index (χ0) is 27.5. The molecule has 2 aromatic carbocycles. The lowest BCUT2D eigenvalue weighted by Gasteiger charge is -2.17. The summed E-state index contributed by atoms with van der Waals surface area (Å²) in [7, 11) is 3.15. The molecule has 0 aliphatic rings. The molecule has 3 aromatic heterocycles. The second-order valence-corrected chi connectivity index (χ2v) is 10.3. The van der Waals surface area contributed by atoms with Gasteiger partial charge in [-0.15, -0.1) is 5.10 Å². The lowest BCUT2D eigenvalue weighted by Crippen LogP contribution is -2.25. The van der Waals surface area contributed by atoms with Crippen LogP contribution in [-0.4, -0.2) is 54.7 Å². The van der Waals surface area contributed by atoms with Gasteiger partial charge in [-0.1, -0.05) is 30.8 Å². The first-order valence-corrected chi connectivity index (χ1v) is 13.6. The van der Waals surface area contributed by atoms with E-state index in [1.807, 2.05) is 49.7 Å². The summed E-state index contributed by atoms with van der Waals surface area (Å²) in [6, 6.07) is 15.2. The average molecular weight is 546 g/mol. The fourth-order valence-electron chi connectivity index (χ4n) is 4.44. The van der Waals surface area contributed by atoms with Gasteiger partial charge in [0, 0.05) is 30.1 Å². The second kappa shape index (κ2) is 11.3. The maximum absolute atomic E-state index is 13.4. The maximum Gasteiger partial charge on any atom is 0.238 e. The molecule has 0 aliphatic heterocycles. The van der Waals surface area contributed by atoms with Crippen LogP contribution in [0.2, 0.25) is 0 Å². The predicted molar refractivity (Wildman–Crippen MR) is 152 cm³/mol. The van der Waals surface area contributed by atoms with Crippen molar-refractivity contribution in [2.24, 2.45) is 0 Å². The van der Waals surface area contributed by atoms with Crippen molar-refractivity contribution in [2.45, 2.75) is 50.6 Å². The van der Waals surface area contributed by atoms with Crippen LogP contribution >= 0.6 is 11.8 Å². The van der Waals surface area contributed by atoms with Gasteiger partial charge in [-0.3, -0.25) is 9.48 Å². The summed E-state index contributed by atoms with van der Waals surface area (Å²) in [6.45, 7) is 6.67. The van der Waals surface area contributed by atoms with E-state index in [2.05, 4.69) is 16.5 Å². The minimum absolute atomic E-state index is 0.165. The van der Waals surface area contributed by atoms with E-state index in [1.54, 1.807) is 36.9 Å². The van der Waals surface area contributed by atoms with E-state index in [0.717, 1.165) is 27.9 Å². The van der Waals surface area contributed by atoms with Crippen molar-refractivity contribution >= 4 is 39.9 Å². The van der Waals surface area contributed by atoms with Crippen molar-refractivity contribution in [3.8, 4) is 11.5 Å². The number of aryl methyl sites for hydroxylation is 4. The summed E-state index contributed by atoms with van der Waals surface area (Å²) in [5, 5.41) is 13.4. The molecule has 0 bridgehead atoms. The molecular weight excluding hydrogens is 514 g/mol. The van der Waals surface area contributed by atoms with E-state index in [9.17, 15) is 4.79 Å². The van der Waals surface area contributed by atoms with Gasteiger partial charge in [0.25, 0.3) is 0 Å². The van der Waals surface area contributed by atoms with Gasteiger partial charge in [0.2, 0.25) is 5.91 Å². The first-order valence-electron chi connectivity index (χ1n) is 12.7. The Bertz CT molecular complexity index is 1650. The molecule has 1 atom stereocenters. The smallest absolute Gasteiger partial charge is 0.238 e. The van der Waals surface area contributed by atoms with Crippen LogP contribution in [0.5, 0.6) is 11.5 Å². The number of amides is 1. The number of carbonyl (C=O) groups is 1. The van der Waals surface area contributed by atoms with Crippen molar-refractivity contribution < 1.29 is 14.3 Å². The van der Waals surface area contributed by atoms with Gasteiger partial charge in [0.1, 0.15) is 11.5 Å². The van der Waals surface area contributed by atoms with Gasteiger partial charge in [-0.25, -0.2) is 9.97 Å². The standard InChI is InChI=1S/C28H31N7O3S/c1-6-24(27(36)29-22-16-19(37-4)11-12-23(22)38-5)39-28-30-21-10-8-7-9-20(21)26-31-25(33-35(26)28)13-14-34-18(3)15-17(2)32-34/h7-12,15-16,24H,6,13-14H2,1-5H3,(H,29,36). The average Bonchev–Trinajstić information content (AvgIpc) is 3.52. The minimum atomic E-state index is -0.430. The van der Waals surface area contributed by atoms with Crippen LogP contribution < -0.4 is 14.8 Å². The molecule has 1 N–H and O–H groups in total. The molecule has 0 radical (unpaired) electrons. The van der Waals surface area contributed by atoms with E-state index >= 15 is 0 Å². The molecule has 0 fully saturated rings. The highest BCUT2D eigenvalue weighted by Crippen LogP contribution is 2.32. The molecule has 0 saturated carbocycles. The predicted octanol–water partition coefficient (Wildman–Crippen LogP) is 4.86. The van der Waals surface area contributed by atoms with E-state index in [-0.39, 0.29) is 5.91 Å². The Morgan fingerprint density at radius 3 is 2.59 bits per heavy atom. The van der Waals surface area contributed by atoms with Crippen molar-refractivity contribution in [2.75, 3.05) is 19.5 Å². The number of aromatic nitrogens is 6. The molecule has 0 saturated heterocycles. The van der Waals surface area contributed by atoms with Crippen LogP contribution in [0.25, 0.3) is 16.6 Å². The van der Waals surface area contributed by atoms with Crippen LogP contribution in [0.3, 0.4) is 0 Å². The van der Waals surface area contributed by atoms with Crippen molar-refractivity contribution in [3.05, 3.63) is 65.7 Å². The van der Waals surface area contributed by atoms with E-state index < -0.39 is 5.25 Å². The number of nitrogens with one attached hydrogen (secondary N) is 1. The largest absolute Gasteiger partial charge is 0.497 e. The highest BCUT2D eigenvalue weighted by molar-refractivity contribution is 8.00. The Kier molecular flexibility index (Phi) is 7.69. The van der Waals surface area contributed by atoms with Gasteiger partial charge in [-0.2, -0.15) is 9.61 Å². The van der Waals surface area contributed by atoms with Crippen LogP contribution in [0.15, 0.2) is 53.7 Å². The van der Waals surface area contributed by atoms with Crippen LogP contribution in [0, 0.1) is 13.8 Å². The molecular formula is C28H31N7O3S. The van der Waals surface area contributed by atoms with Crippen LogP contribution in [-0.2, 0) is 17.8 Å². The van der Waals surface area contributed by atoms with Gasteiger partial charge < -0.3 is 14.8 Å². The van der Waals surface area contributed by atoms with Gasteiger partial charge in [0.05, 0.1) is 36.4 Å². The summed E-state index contributed by atoms with van der Waals surface area (Å²) < 4.78 is 14.5. The summed E-state index contributed by atoms with van der Waals surface area (Å²) in [6.07, 6.45) is 1.20. The SMILES string of the molecule is CCC(Sc1nc2ccccc2c2nc(CCn3nc(C)cc3C)nn12)C(=O)Nc1cc(OC)ccc1OC. The number of thioether (sulfide) groups is 1. The first-order chi connectivity index (χ1) is 18.9. The lowest BCUT2D eigenvalue weighted by atomic mass is 10.2. The molecule has 1 unspecified atom stereocenters. The molecule has 0 spiro atoms. The summed E-state index contributed by atoms with van der Waals surface area (Å²) in [4.78, 5) is 23.1. The fraction of sp³-hybridized carbons (Fsp3) is 0.321. The van der Waals surface area contributed by atoms with Crippen molar-refractivity contribution in [1.29, 1.82) is 0 Å². The number of hydrogen-bond donors (Lipinski definition) is 1. The second-order valence-electron chi connectivity index (χ2n) is 9.15. The Morgan fingerprint density at radius 1 is 1.05 bits per heavy atom. The van der Waals surface area contributed by atoms with Gasteiger partial charge in [-0.05, 0) is 50.6 Å². The number of anilines is 1. The third-order valence-corrected chi connectivity index (χ3v) is 7.73. The monoisotopic (exact) mass is 545 g/mol. The number of methoxy groups -OCH3 is 2. The van der Waals surface area contributed by atoms with Gasteiger partial charge >= 0.3 is 0 Å². The Labute approximate surface area is 230 Å². The summed E-state index contributed by atoms with van der Waals surface area (Å²) in [5.41, 5.74) is 4.15. The Balaban J connectivity index is 1.45. The number of nitrogens with zero attached hydrogens (tertiary/aromatic N) is 6. The van der Waals surface area contributed by atoms with Crippen molar-refractivity contribution in [1.82, 2.24) is 29.4 Å². The number of hydrogen-bond acceptors (Lipinski definition) is 8. The Morgan fingerprint density at radius 2 is 1.87 bits per heavy atom. The number of ether oxygens (including phenoxy) is 2. The molecule has 202 valence electrons. The molecule has 1 amide bonds. The van der Waals surface area contributed by atoms with Gasteiger partial charge in [0.15, 0.2) is 16.6 Å². The summed E-state index contributed by atoms with van der Waals surface area (Å²) >= 11 is 1.37.